The Kier molecular flexibility index (Phi) is 5.86. The summed E-state index contributed by atoms with van der Waals surface area (Å²) in [6.45, 7) is 4.42. The van der Waals surface area contributed by atoms with E-state index in [9.17, 15) is 5.11 Å². The summed E-state index contributed by atoms with van der Waals surface area (Å²) < 4.78 is 0. The van der Waals surface area contributed by atoms with Crippen LogP contribution in [-0.4, -0.2) is 5.11 Å². The maximum Gasteiger partial charge on any atom is 0.123 e. The van der Waals surface area contributed by atoms with Crippen molar-refractivity contribution in [2.24, 2.45) is 0 Å². The normalized spacial score (nSPS) is 10.8. The van der Waals surface area contributed by atoms with Gasteiger partial charge in [0.1, 0.15) is 5.75 Å². The van der Waals surface area contributed by atoms with Crippen LogP contribution in [0.15, 0.2) is 42.5 Å². The Hall–Kier alpha value is -1.76. The van der Waals surface area contributed by atoms with E-state index in [1.165, 1.54) is 30.4 Å². The Morgan fingerprint density at radius 2 is 1.52 bits per heavy atom. The highest BCUT2D eigenvalue weighted by Crippen LogP contribution is 2.35. The zero-order valence-corrected chi connectivity index (χ0v) is 13.2. The number of hydrogen-bond donors (Lipinski definition) is 1. The number of hydrogen-bond acceptors (Lipinski definition) is 1. The Morgan fingerprint density at radius 3 is 2.19 bits per heavy atom. The average molecular weight is 282 g/mol. The summed E-state index contributed by atoms with van der Waals surface area (Å²) in [6, 6.07) is 14.5. The van der Waals surface area contributed by atoms with Gasteiger partial charge in [-0.3, -0.25) is 0 Å². The van der Waals surface area contributed by atoms with E-state index in [4.69, 9.17) is 0 Å². The third-order valence-electron chi connectivity index (χ3n) is 3.94. The van der Waals surface area contributed by atoms with Crippen molar-refractivity contribution in [3.8, 4) is 16.9 Å². The van der Waals surface area contributed by atoms with E-state index in [2.05, 4.69) is 32.0 Å². The van der Waals surface area contributed by atoms with Crippen molar-refractivity contribution >= 4 is 0 Å². The molecule has 1 nitrogen and oxygen atoms in total. The molecule has 0 saturated heterocycles. The first kappa shape index (κ1) is 15.6. The molecule has 0 atom stereocenters. The summed E-state index contributed by atoms with van der Waals surface area (Å²) in [5, 5.41) is 10.5. The minimum atomic E-state index is 0.431. The highest BCUT2D eigenvalue weighted by Gasteiger charge is 2.12. The maximum absolute atomic E-state index is 10.5. The van der Waals surface area contributed by atoms with Crippen LogP contribution in [0.4, 0.5) is 0 Å². The molecule has 0 aliphatic rings. The fourth-order valence-corrected chi connectivity index (χ4v) is 2.78. The van der Waals surface area contributed by atoms with Crippen LogP contribution in [0, 0.1) is 0 Å². The van der Waals surface area contributed by atoms with E-state index in [1.807, 2.05) is 24.3 Å². The largest absolute Gasteiger partial charge is 0.507 e. The van der Waals surface area contributed by atoms with Crippen LogP contribution in [0.3, 0.4) is 0 Å². The summed E-state index contributed by atoms with van der Waals surface area (Å²) in [7, 11) is 0. The molecule has 2 aromatic rings. The van der Waals surface area contributed by atoms with Gasteiger partial charge < -0.3 is 5.11 Å². The van der Waals surface area contributed by atoms with E-state index in [-0.39, 0.29) is 0 Å². The van der Waals surface area contributed by atoms with Gasteiger partial charge in [-0.15, -0.1) is 0 Å². The molecule has 1 heteroatoms. The first-order valence-electron chi connectivity index (χ1n) is 8.16. The minimum absolute atomic E-state index is 0.431. The lowest BCUT2D eigenvalue weighted by Crippen LogP contribution is -1.95. The molecule has 0 radical (unpaired) electrons. The molecule has 0 unspecified atom stereocenters. The summed E-state index contributed by atoms with van der Waals surface area (Å²) in [5.41, 5.74) is 4.68. The molecule has 2 aromatic carbocycles. The number of unbranched alkanes of at least 4 members (excludes halogenated alkanes) is 2. The lowest BCUT2D eigenvalue weighted by atomic mass is 9.92. The first-order valence-corrected chi connectivity index (χ1v) is 8.16. The molecule has 0 fully saturated rings. The van der Waals surface area contributed by atoms with E-state index in [1.54, 1.807) is 0 Å². The molecule has 0 bridgehead atoms. The zero-order chi connectivity index (χ0) is 15.1. The summed E-state index contributed by atoms with van der Waals surface area (Å²) in [6.07, 6.45) is 6.79. The standard InChI is InChI=1S/C20H26O/c1-3-5-10-16-14-18(11-6-4-2)20(19(21)15-16)17-12-8-7-9-13-17/h7-9,12-15,21H,3-6,10-11H2,1-2H3. The van der Waals surface area contributed by atoms with Crippen molar-refractivity contribution in [3.63, 3.8) is 0 Å². The van der Waals surface area contributed by atoms with Gasteiger partial charge in [-0.05, 0) is 48.4 Å². The predicted octanol–water partition coefficient (Wildman–Crippen LogP) is 5.74. The summed E-state index contributed by atoms with van der Waals surface area (Å²) in [4.78, 5) is 0. The van der Waals surface area contributed by atoms with Gasteiger partial charge in [0, 0.05) is 5.56 Å². The van der Waals surface area contributed by atoms with Crippen LogP contribution < -0.4 is 0 Å². The van der Waals surface area contributed by atoms with Gasteiger partial charge in [-0.25, -0.2) is 0 Å². The number of rotatable bonds is 7. The topological polar surface area (TPSA) is 20.2 Å². The molecule has 0 spiro atoms. The van der Waals surface area contributed by atoms with Crippen LogP contribution in [0.25, 0.3) is 11.1 Å². The van der Waals surface area contributed by atoms with E-state index >= 15 is 0 Å². The van der Waals surface area contributed by atoms with E-state index in [0.29, 0.717) is 5.75 Å². The van der Waals surface area contributed by atoms with Crippen LogP contribution in [-0.2, 0) is 12.8 Å². The molecule has 0 saturated carbocycles. The maximum atomic E-state index is 10.5. The number of aromatic hydroxyl groups is 1. The van der Waals surface area contributed by atoms with Crippen LogP contribution in [0.5, 0.6) is 5.75 Å². The van der Waals surface area contributed by atoms with Gasteiger partial charge >= 0.3 is 0 Å². The molecule has 21 heavy (non-hydrogen) atoms. The van der Waals surface area contributed by atoms with Crippen LogP contribution >= 0.6 is 0 Å². The molecule has 0 amide bonds. The second-order valence-electron chi connectivity index (χ2n) is 5.72. The average Bonchev–Trinajstić information content (AvgIpc) is 2.51. The summed E-state index contributed by atoms with van der Waals surface area (Å²) in [5.74, 6) is 0.431. The third kappa shape index (κ3) is 4.10. The lowest BCUT2D eigenvalue weighted by Gasteiger charge is -2.14. The molecule has 1 N–H and O–H groups in total. The highest BCUT2D eigenvalue weighted by molar-refractivity contribution is 5.74. The molecule has 0 heterocycles. The molecule has 112 valence electrons. The van der Waals surface area contributed by atoms with Crippen molar-refractivity contribution in [3.05, 3.63) is 53.6 Å². The van der Waals surface area contributed by atoms with Crippen LogP contribution in [0.2, 0.25) is 0 Å². The molecule has 0 aromatic heterocycles. The van der Waals surface area contributed by atoms with Crippen molar-refractivity contribution < 1.29 is 5.11 Å². The summed E-state index contributed by atoms with van der Waals surface area (Å²) >= 11 is 0. The first-order chi connectivity index (χ1) is 10.3. The number of benzene rings is 2. The smallest absolute Gasteiger partial charge is 0.123 e. The predicted molar refractivity (Wildman–Crippen MR) is 90.8 cm³/mol. The molecular weight excluding hydrogens is 256 g/mol. The Balaban J connectivity index is 2.42. The van der Waals surface area contributed by atoms with Gasteiger partial charge in [0.15, 0.2) is 0 Å². The lowest BCUT2D eigenvalue weighted by molar-refractivity contribution is 0.475. The van der Waals surface area contributed by atoms with Crippen molar-refractivity contribution in [1.82, 2.24) is 0 Å². The van der Waals surface area contributed by atoms with Gasteiger partial charge in [0.2, 0.25) is 0 Å². The van der Waals surface area contributed by atoms with Gasteiger partial charge in [0.05, 0.1) is 0 Å². The fraction of sp³-hybridized carbons (Fsp3) is 0.400. The Morgan fingerprint density at radius 1 is 0.857 bits per heavy atom. The minimum Gasteiger partial charge on any atom is -0.507 e. The number of phenolic OH excluding ortho intramolecular Hbond substituents is 1. The second kappa shape index (κ2) is 7.87. The monoisotopic (exact) mass is 282 g/mol. The second-order valence-corrected chi connectivity index (χ2v) is 5.72. The highest BCUT2D eigenvalue weighted by atomic mass is 16.3. The Labute approximate surface area is 128 Å². The Bertz CT molecular complexity index is 558. The SMILES string of the molecule is CCCCc1cc(O)c(-c2ccccc2)c(CCCC)c1. The number of phenols is 1. The third-order valence-corrected chi connectivity index (χ3v) is 3.94. The van der Waals surface area contributed by atoms with Crippen molar-refractivity contribution in [1.29, 1.82) is 0 Å². The molecule has 0 aliphatic carbocycles. The van der Waals surface area contributed by atoms with Gasteiger partial charge in [-0.2, -0.15) is 0 Å². The van der Waals surface area contributed by atoms with Gasteiger partial charge in [0.25, 0.3) is 0 Å². The molecule has 0 aliphatic heterocycles. The van der Waals surface area contributed by atoms with Gasteiger partial charge in [-0.1, -0.05) is 63.1 Å². The van der Waals surface area contributed by atoms with Crippen molar-refractivity contribution in [2.75, 3.05) is 0 Å². The molecule has 2 rings (SSSR count). The fourth-order valence-electron chi connectivity index (χ4n) is 2.78. The zero-order valence-electron chi connectivity index (χ0n) is 13.2. The number of aryl methyl sites for hydroxylation is 2. The molecular formula is C20H26O. The van der Waals surface area contributed by atoms with E-state index in [0.717, 1.165) is 30.4 Å². The quantitative estimate of drug-likeness (QED) is 0.686. The van der Waals surface area contributed by atoms with Crippen LogP contribution in [0.1, 0.15) is 50.7 Å². The van der Waals surface area contributed by atoms with E-state index < -0.39 is 0 Å². The van der Waals surface area contributed by atoms with Crippen molar-refractivity contribution in [2.45, 2.75) is 52.4 Å².